The molecule has 17 heavy (non-hydrogen) atoms. The highest BCUT2D eigenvalue weighted by molar-refractivity contribution is 5.83. The van der Waals surface area contributed by atoms with Gasteiger partial charge in [0.25, 0.3) is 0 Å². The third-order valence-electron chi connectivity index (χ3n) is 4.07. The molecule has 0 aliphatic heterocycles. The molecule has 1 saturated carbocycles. The van der Waals surface area contributed by atoms with E-state index in [1.807, 2.05) is 4.90 Å². The largest absolute Gasteiger partial charge is 0.342 e. The topological polar surface area (TPSA) is 46.3 Å². The van der Waals surface area contributed by atoms with Crippen LogP contribution < -0.4 is 5.73 Å². The smallest absolute Gasteiger partial charge is 0.230 e. The Kier molecular flexibility index (Phi) is 5.96. The fraction of sp³-hybridized carbons (Fsp3) is 0.929. The van der Waals surface area contributed by atoms with Gasteiger partial charge < -0.3 is 10.6 Å². The molecule has 0 spiro atoms. The van der Waals surface area contributed by atoms with Crippen LogP contribution in [0.1, 0.15) is 58.8 Å². The molecule has 0 heterocycles. The standard InChI is InChI=1S/C14H28N2O/c1-3-11-16(4-2)13(17)14(12-15)9-7-5-6-8-10-14/h3-12,15H2,1-2H3. The first-order chi connectivity index (χ1) is 8.20. The van der Waals surface area contributed by atoms with E-state index in [1.54, 1.807) is 0 Å². The molecule has 0 radical (unpaired) electrons. The summed E-state index contributed by atoms with van der Waals surface area (Å²) in [5, 5.41) is 0. The second-order valence-electron chi connectivity index (χ2n) is 5.28. The van der Waals surface area contributed by atoms with Crippen LogP contribution in [-0.2, 0) is 4.79 Å². The third kappa shape index (κ3) is 3.44. The number of hydrogen-bond acceptors (Lipinski definition) is 2. The molecule has 1 fully saturated rings. The van der Waals surface area contributed by atoms with Crippen molar-refractivity contribution in [2.45, 2.75) is 58.8 Å². The van der Waals surface area contributed by atoms with Crippen molar-refractivity contribution in [3.63, 3.8) is 0 Å². The Labute approximate surface area is 106 Å². The van der Waals surface area contributed by atoms with E-state index >= 15 is 0 Å². The van der Waals surface area contributed by atoms with Crippen LogP contribution in [0, 0.1) is 5.41 Å². The molecular formula is C14H28N2O. The zero-order chi connectivity index (χ0) is 12.7. The lowest BCUT2D eigenvalue weighted by Crippen LogP contribution is -2.48. The number of nitrogens with zero attached hydrogens (tertiary/aromatic N) is 1. The van der Waals surface area contributed by atoms with Gasteiger partial charge in [-0.25, -0.2) is 0 Å². The summed E-state index contributed by atoms with van der Waals surface area (Å²) in [5.41, 5.74) is 5.70. The molecular weight excluding hydrogens is 212 g/mol. The summed E-state index contributed by atoms with van der Waals surface area (Å²) in [6, 6.07) is 0. The van der Waals surface area contributed by atoms with Crippen molar-refractivity contribution >= 4 is 5.91 Å². The Balaban J connectivity index is 2.78. The van der Waals surface area contributed by atoms with Gasteiger partial charge in [0.1, 0.15) is 0 Å². The van der Waals surface area contributed by atoms with Gasteiger partial charge in [0.2, 0.25) is 5.91 Å². The Morgan fingerprint density at radius 2 is 1.76 bits per heavy atom. The van der Waals surface area contributed by atoms with Crippen LogP contribution >= 0.6 is 0 Å². The fourth-order valence-corrected chi connectivity index (χ4v) is 2.92. The maximum atomic E-state index is 12.7. The van der Waals surface area contributed by atoms with Crippen molar-refractivity contribution in [2.24, 2.45) is 11.1 Å². The quantitative estimate of drug-likeness (QED) is 0.751. The summed E-state index contributed by atoms with van der Waals surface area (Å²) in [7, 11) is 0. The first-order valence-electron chi connectivity index (χ1n) is 7.19. The van der Waals surface area contributed by atoms with E-state index < -0.39 is 0 Å². The fourth-order valence-electron chi connectivity index (χ4n) is 2.92. The molecule has 0 atom stereocenters. The van der Waals surface area contributed by atoms with Gasteiger partial charge >= 0.3 is 0 Å². The van der Waals surface area contributed by atoms with E-state index in [4.69, 9.17) is 5.73 Å². The molecule has 100 valence electrons. The molecule has 0 saturated heterocycles. The predicted molar refractivity (Wildman–Crippen MR) is 71.7 cm³/mol. The van der Waals surface area contributed by atoms with E-state index in [0.717, 1.165) is 45.2 Å². The zero-order valence-corrected chi connectivity index (χ0v) is 11.5. The van der Waals surface area contributed by atoms with Crippen LogP contribution in [0.3, 0.4) is 0 Å². The van der Waals surface area contributed by atoms with Gasteiger partial charge in [-0.3, -0.25) is 4.79 Å². The molecule has 0 bridgehead atoms. The summed E-state index contributed by atoms with van der Waals surface area (Å²) in [6.45, 7) is 6.39. The molecule has 1 rings (SSSR count). The highest BCUT2D eigenvalue weighted by Crippen LogP contribution is 2.36. The molecule has 0 aromatic heterocycles. The van der Waals surface area contributed by atoms with Crippen LogP contribution in [0.25, 0.3) is 0 Å². The molecule has 3 heteroatoms. The van der Waals surface area contributed by atoms with E-state index in [9.17, 15) is 4.79 Å². The lowest BCUT2D eigenvalue weighted by molar-refractivity contribution is -0.142. The Morgan fingerprint density at radius 1 is 1.18 bits per heavy atom. The highest BCUT2D eigenvalue weighted by Gasteiger charge is 2.39. The van der Waals surface area contributed by atoms with E-state index in [2.05, 4.69) is 13.8 Å². The van der Waals surface area contributed by atoms with Crippen molar-refractivity contribution < 1.29 is 4.79 Å². The summed E-state index contributed by atoms with van der Waals surface area (Å²) in [5.74, 6) is 0.311. The third-order valence-corrected chi connectivity index (χ3v) is 4.07. The lowest BCUT2D eigenvalue weighted by Gasteiger charge is -2.35. The number of carbonyl (C=O) groups excluding carboxylic acids is 1. The van der Waals surface area contributed by atoms with Crippen molar-refractivity contribution in [3.05, 3.63) is 0 Å². The lowest BCUT2D eigenvalue weighted by atomic mass is 9.79. The number of carbonyl (C=O) groups is 1. The van der Waals surface area contributed by atoms with Gasteiger partial charge in [0.15, 0.2) is 0 Å². The molecule has 3 nitrogen and oxygen atoms in total. The van der Waals surface area contributed by atoms with Crippen molar-refractivity contribution in [3.8, 4) is 0 Å². The van der Waals surface area contributed by atoms with Gasteiger partial charge in [-0.15, -0.1) is 0 Å². The summed E-state index contributed by atoms with van der Waals surface area (Å²) in [6.07, 6.45) is 7.84. The molecule has 1 aliphatic rings. The Hall–Kier alpha value is -0.570. The second-order valence-corrected chi connectivity index (χ2v) is 5.28. The minimum Gasteiger partial charge on any atom is -0.342 e. The van der Waals surface area contributed by atoms with E-state index in [0.29, 0.717) is 12.5 Å². The average Bonchev–Trinajstić information content (AvgIpc) is 2.61. The number of nitrogens with two attached hydrogens (primary N) is 1. The summed E-state index contributed by atoms with van der Waals surface area (Å²) >= 11 is 0. The van der Waals surface area contributed by atoms with Gasteiger partial charge in [0, 0.05) is 19.6 Å². The maximum absolute atomic E-state index is 12.7. The summed E-state index contributed by atoms with van der Waals surface area (Å²) < 4.78 is 0. The van der Waals surface area contributed by atoms with Crippen LogP contribution in [0.15, 0.2) is 0 Å². The average molecular weight is 240 g/mol. The number of rotatable bonds is 5. The molecule has 0 aromatic rings. The van der Waals surface area contributed by atoms with E-state index in [-0.39, 0.29) is 5.41 Å². The monoisotopic (exact) mass is 240 g/mol. The summed E-state index contributed by atoms with van der Waals surface area (Å²) in [4.78, 5) is 14.7. The van der Waals surface area contributed by atoms with Gasteiger partial charge in [0.05, 0.1) is 5.41 Å². The molecule has 0 aromatic carbocycles. The molecule has 1 aliphatic carbocycles. The first kappa shape index (κ1) is 14.5. The van der Waals surface area contributed by atoms with Crippen LogP contribution in [0.2, 0.25) is 0 Å². The van der Waals surface area contributed by atoms with Crippen LogP contribution in [-0.4, -0.2) is 30.4 Å². The molecule has 0 unspecified atom stereocenters. The minimum atomic E-state index is -0.248. The Morgan fingerprint density at radius 3 is 2.18 bits per heavy atom. The van der Waals surface area contributed by atoms with Crippen molar-refractivity contribution in [1.82, 2.24) is 4.90 Å². The highest BCUT2D eigenvalue weighted by atomic mass is 16.2. The number of hydrogen-bond donors (Lipinski definition) is 1. The first-order valence-corrected chi connectivity index (χ1v) is 7.19. The van der Waals surface area contributed by atoms with Gasteiger partial charge in [-0.1, -0.05) is 32.6 Å². The number of amides is 1. The van der Waals surface area contributed by atoms with Crippen molar-refractivity contribution in [1.29, 1.82) is 0 Å². The van der Waals surface area contributed by atoms with Crippen molar-refractivity contribution in [2.75, 3.05) is 19.6 Å². The zero-order valence-electron chi connectivity index (χ0n) is 11.5. The van der Waals surface area contributed by atoms with Gasteiger partial charge in [-0.05, 0) is 26.2 Å². The minimum absolute atomic E-state index is 0.248. The Bertz CT molecular complexity index is 232. The van der Waals surface area contributed by atoms with Crippen LogP contribution in [0.4, 0.5) is 0 Å². The van der Waals surface area contributed by atoms with E-state index in [1.165, 1.54) is 12.8 Å². The second kappa shape index (κ2) is 7.00. The molecule has 1 amide bonds. The van der Waals surface area contributed by atoms with Gasteiger partial charge in [-0.2, -0.15) is 0 Å². The predicted octanol–water partition coefficient (Wildman–Crippen LogP) is 2.54. The normalized spacial score (nSPS) is 19.7. The SMILES string of the molecule is CCCN(CC)C(=O)C1(CN)CCCCCC1. The van der Waals surface area contributed by atoms with Crippen LogP contribution in [0.5, 0.6) is 0 Å². The molecule has 2 N–H and O–H groups in total. The maximum Gasteiger partial charge on any atom is 0.230 e.